The number of anilines is 3. The van der Waals surface area contributed by atoms with Crippen LogP contribution in [0, 0.1) is 6.92 Å². The zero-order valence-corrected chi connectivity index (χ0v) is 12.2. The van der Waals surface area contributed by atoms with E-state index in [1.807, 2.05) is 37.3 Å². The standard InChI is InChI=1S/C15H17ClN4/c1-11-9-14(18-13-6-4-5-12(16)10-13)19-15(17-11)20-7-2-3-8-20/h4-6,9-10H,2-3,7-8H2,1H3,(H,17,18,19). The van der Waals surface area contributed by atoms with Gasteiger partial charge in [0.15, 0.2) is 0 Å². The Morgan fingerprint density at radius 2 is 1.95 bits per heavy atom. The number of halogens is 1. The first-order valence-electron chi connectivity index (χ1n) is 6.84. The van der Waals surface area contributed by atoms with Gasteiger partial charge in [0.2, 0.25) is 5.95 Å². The van der Waals surface area contributed by atoms with E-state index < -0.39 is 0 Å². The highest BCUT2D eigenvalue weighted by atomic mass is 35.5. The van der Waals surface area contributed by atoms with E-state index >= 15 is 0 Å². The molecule has 3 rings (SSSR count). The third-order valence-electron chi connectivity index (χ3n) is 3.33. The van der Waals surface area contributed by atoms with Gasteiger partial charge in [0.1, 0.15) is 5.82 Å². The maximum absolute atomic E-state index is 6.00. The van der Waals surface area contributed by atoms with Gasteiger partial charge < -0.3 is 10.2 Å². The second-order valence-electron chi connectivity index (χ2n) is 5.02. The highest BCUT2D eigenvalue weighted by Gasteiger charge is 2.15. The van der Waals surface area contributed by atoms with Crippen molar-refractivity contribution < 1.29 is 0 Å². The molecule has 1 N–H and O–H groups in total. The van der Waals surface area contributed by atoms with Crippen LogP contribution in [0.5, 0.6) is 0 Å². The predicted octanol–water partition coefficient (Wildman–Crippen LogP) is 3.78. The molecule has 0 aliphatic carbocycles. The van der Waals surface area contributed by atoms with Gasteiger partial charge in [0, 0.05) is 35.6 Å². The molecule has 5 heteroatoms. The van der Waals surface area contributed by atoms with Crippen molar-refractivity contribution in [2.75, 3.05) is 23.3 Å². The minimum atomic E-state index is 0.709. The van der Waals surface area contributed by atoms with E-state index in [9.17, 15) is 0 Å². The van der Waals surface area contributed by atoms with Gasteiger partial charge in [-0.1, -0.05) is 17.7 Å². The minimum Gasteiger partial charge on any atom is -0.341 e. The minimum absolute atomic E-state index is 0.709. The third-order valence-corrected chi connectivity index (χ3v) is 3.56. The van der Waals surface area contributed by atoms with Crippen LogP contribution in [0.15, 0.2) is 30.3 Å². The van der Waals surface area contributed by atoms with Gasteiger partial charge in [-0.25, -0.2) is 4.98 Å². The van der Waals surface area contributed by atoms with Gasteiger partial charge >= 0.3 is 0 Å². The van der Waals surface area contributed by atoms with Crippen LogP contribution < -0.4 is 10.2 Å². The summed E-state index contributed by atoms with van der Waals surface area (Å²) in [6, 6.07) is 9.57. The fourth-order valence-electron chi connectivity index (χ4n) is 2.39. The lowest BCUT2D eigenvalue weighted by Crippen LogP contribution is -2.21. The molecule has 0 unspecified atom stereocenters. The Labute approximate surface area is 123 Å². The molecular formula is C15H17ClN4. The molecule has 0 spiro atoms. The lowest BCUT2D eigenvalue weighted by atomic mass is 10.3. The maximum Gasteiger partial charge on any atom is 0.227 e. The second-order valence-corrected chi connectivity index (χ2v) is 5.46. The lowest BCUT2D eigenvalue weighted by Gasteiger charge is -2.17. The Morgan fingerprint density at radius 3 is 2.70 bits per heavy atom. The molecule has 1 aromatic heterocycles. The van der Waals surface area contributed by atoms with E-state index in [0.717, 1.165) is 36.2 Å². The number of hydrogen-bond donors (Lipinski definition) is 1. The van der Waals surface area contributed by atoms with Crippen LogP contribution in [0.1, 0.15) is 18.5 Å². The number of nitrogens with one attached hydrogen (secondary N) is 1. The third kappa shape index (κ3) is 3.02. The summed E-state index contributed by atoms with van der Waals surface area (Å²) in [6.45, 7) is 4.07. The molecule has 0 radical (unpaired) electrons. The average molecular weight is 289 g/mol. The Balaban J connectivity index is 1.85. The molecule has 2 heterocycles. The first-order chi connectivity index (χ1) is 9.70. The molecule has 20 heavy (non-hydrogen) atoms. The topological polar surface area (TPSA) is 41.1 Å². The summed E-state index contributed by atoms with van der Waals surface area (Å²) < 4.78 is 0. The SMILES string of the molecule is Cc1cc(Nc2cccc(Cl)c2)nc(N2CCCC2)n1. The van der Waals surface area contributed by atoms with Gasteiger partial charge in [-0.05, 0) is 38.0 Å². The van der Waals surface area contributed by atoms with Crippen LogP contribution in [0.2, 0.25) is 5.02 Å². The molecule has 0 saturated carbocycles. The van der Waals surface area contributed by atoms with Crippen LogP contribution in [-0.4, -0.2) is 23.1 Å². The van der Waals surface area contributed by atoms with E-state index in [1.54, 1.807) is 0 Å². The van der Waals surface area contributed by atoms with Crippen molar-refractivity contribution in [3.63, 3.8) is 0 Å². The molecule has 0 atom stereocenters. The van der Waals surface area contributed by atoms with E-state index in [1.165, 1.54) is 12.8 Å². The number of aromatic nitrogens is 2. The zero-order valence-electron chi connectivity index (χ0n) is 11.4. The summed E-state index contributed by atoms with van der Waals surface area (Å²) in [5, 5.41) is 4.00. The largest absolute Gasteiger partial charge is 0.341 e. The Hall–Kier alpha value is -1.81. The van der Waals surface area contributed by atoms with Gasteiger partial charge in [0.25, 0.3) is 0 Å². The fourth-order valence-corrected chi connectivity index (χ4v) is 2.58. The number of benzene rings is 1. The molecule has 0 bridgehead atoms. The fraction of sp³-hybridized carbons (Fsp3) is 0.333. The van der Waals surface area contributed by atoms with Gasteiger partial charge in [-0.3, -0.25) is 0 Å². The highest BCUT2D eigenvalue weighted by Crippen LogP contribution is 2.22. The lowest BCUT2D eigenvalue weighted by molar-refractivity contribution is 0.891. The molecule has 1 aliphatic heterocycles. The van der Waals surface area contributed by atoms with E-state index in [4.69, 9.17) is 11.6 Å². The van der Waals surface area contributed by atoms with Gasteiger partial charge in [0.05, 0.1) is 0 Å². The smallest absolute Gasteiger partial charge is 0.227 e. The normalized spacial score (nSPS) is 14.6. The summed E-state index contributed by atoms with van der Waals surface area (Å²) in [7, 11) is 0. The molecule has 2 aromatic rings. The van der Waals surface area contributed by atoms with Crippen molar-refractivity contribution in [1.29, 1.82) is 0 Å². The van der Waals surface area contributed by atoms with E-state index in [2.05, 4.69) is 20.2 Å². The highest BCUT2D eigenvalue weighted by molar-refractivity contribution is 6.30. The molecule has 4 nitrogen and oxygen atoms in total. The van der Waals surface area contributed by atoms with Crippen LogP contribution in [0.4, 0.5) is 17.5 Å². The Bertz CT molecular complexity index is 609. The zero-order chi connectivity index (χ0) is 13.9. The first kappa shape index (κ1) is 13.2. The molecule has 104 valence electrons. The number of nitrogens with zero attached hydrogens (tertiary/aromatic N) is 3. The summed E-state index contributed by atoms with van der Waals surface area (Å²) >= 11 is 6.00. The first-order valence-corrected chi connectivity index (χ1v) is 7.22. The van der Waals surface area contributed by atoms with Crippen molar-refractivity contribution in [3.8, 4) is 0 Å². The summed E-state index contributed by atoms with van der Waals surface area (Å²) in [5.74, 6) is 1.62. The number of hydrogen-bond acceptors (Lipinski definition) is 4. The van der Waals surface area contributed by atoms with Crippen LogP contribution in [-0.2, 0) is 0 Å². The maximum atomic E-state index is 6.00. The molecule has 1 aromatic carbocycles. The van der Waals surface area contributed by atoms with Crippen molar-refractivity contribution in [2.45, 2.75) is 19.8 Å². The molecule has 1 aliphatic rings. The van der Waals surface area contributed by atoms with Crippen molar-refractivity contribution >= 4 is 29.1 Å². The van der Waals surface area contributed by atoms with E-state index in [-0.39, 0.29) is 0 Å². The van der Waals surface area contributed by atoms with Crippen molar-refractivity contribution in [2.24, 2.45) is 0 Å². The Kier molecular flexibility index (Phi) is 3.74. The van der Waals surface area contributed by atoms with Crippen molar-refractivity contribution in [3.05, 3.63) is 41.0 Å². The van der Waals surface area contributed by atoms with Crippen LogP contribution >= 0.6 is 11.6 Å². The quantitative estimate of drug-likeness (QED) is 0.933. The average Bonchev–Trinajstić information content (AvgIpc) is 2.91. The predicted molar refractivity (Wildman–Crippen MR) is 83.0 cm³/mol. The molecule has 0 amide bonds. The van der Waals surface area contributed by atoms with Gasteiger partial charge in [-0.2, -0.15) is 4.98 Å². The number of rotatable bonds is 3. The van der Waals surface area contributed by atoms with Crippen LogP contribution in [0.3, 0.4) is 0 Å². The van der Waals surface area contributed by atoms with Crippen molar-refractivity contribution in [1.82, 2.24) is 9.97 Å². The molecule has 1 saturated heterocycles. The monoisotopic (exact) mass is 288 g/mol. The van der Waals surface area contributed by atoms with Crippen LogP contribution in [0.25, 0.3) is 0 Å². The number of aryl methyl sites for hydroxylation is 1. The molecular weight excluding hydrogens is 272 g/mol. The summed E-state index contributed by atoms with van der Waals surface area (Å²) in [4.78, 5) is 11.4. The summed E-state index contributed by atoms with van der Waals surface area (Å²) in [6.07, 6.45) is 2.43. The van der Waals surface area contributed by atoms with Gasteiger partial charge in [-0.15, -0.1) is 0 Å². The molecule has 1 fully saturated rings. The second kappa shape index (κ2) is 5.67. The Morgan fingerprint density at radius 1 is 1.15 bits per heavy atom. The summed E-state index contributed by atoms with van der Waals surface area (Å²) in [5.41, 5.74) is 1.90. The van der Waals surface area contributed by atoms with E-state index in [0.29, 0.717) is 5.02 Å².